The Balaban J connectivity index is 1.76. The van der Waals surface area contributed by atoms with Crippen LogP contribution < -0.4 is 14.8 Å². The molecule has 3 aromatic rings. The molecule has 25 heavy (non-hydrogen) atoms. The van der Waals surface area contributed by atoms with Gasteiger partial charge < -0.3 is 14.8 Å². The zero-order chi connectivity index (χ0) is 17.6. The number of rotatable bonds is 6. The number of carbonyl (C=O) groups is 1. The van der Waals surface area contributed by atoms with Crippen LogP contribution in [0.4, 0.5) is 0 Å². The first-order valence-corrected chi connectivity index (χ1v) is 8.63. The van der Waals surface area contributed by atoms with Crippen LogP contribution in [0.3, 0.4) is 0 Å². The lowest BCUT2D eigenvalue weighted by Crippen LogP contribution is -2.24. The number of ether oxygens (including phenoxy) is 2. The van der Waals surface area contributed by atoms with Crippen LogP contribution in [0, 0.1) is 0 Å². The molecule has 0 aliphatic rings. The number of nitrogens with one attached hydrogen (secondary N) is 1. The molecule has 2 aromatic heterocycles. The van der Waals surface area contributed by atoms with E-state index in [9.17, 15) is 4.79 Å². The van der Waals surface area contributed by atoms with Crippen LogP contribution in [0.25, 0.3) is 11.1 Å². The van der Waals surface area contributed by atoms with Gasteiger partial charge in [0, 0.05) is 24.5 Å². The van der Waals surface area contributed by atoms with Crippen molar-refractivity contribution in [1.29, 1.82) is 0 Å². The molecule has 2 heterocycles. The summed E-state index contributed by atoms with van der Waals surface area (Å²) in [5.41, 5.74) is 3.46. The van der Waals surface area contributed by atoms with E-state index in [1.807, 2.05) is 23.7 Å². The molecule has 1 aromatic carbocycles. The van der Waals surface area contributed by atoms with Crippen LogP contribution >= 0.6 is 11.3 Å². The molecule has 0 spiro atoms. The maximum atomic E-state index is 12.6. The van der Waals surface area contributed by atoms with E-state index in [2.05, 4.69) is 15.7 Å². The highest BCUT2D eigenvalue weighted by Gasteiger charge is 2.17. The molecule has 0 atom stereocenters. The third-order valence-electron chi connectivity index (χ3n) is 3.76. The summed E-state index contributed by atoms with van der Waals surface area (Å²) in [6, 6.07) is 9.31. The second kappa shape index (κ2) is 7.81. The number of nitrogens with zero attached hydrogens (tertiary/aromatic N) is 1. The molecule has 0 saturated heterocycles. The molecule has 3 rings (SSSR count). The summed E-state index contributed by atoms with van der Waals surface area (Å²) in [7, 11) is 3.06. The van der Waals surface area contributed by atoms with Gasteiger partial charge in [0.2, 0.25) is 0 Å². The van der Waals surface area contributed by atoms with Crippen molar-refractivity contribution in [2.75, 3.05) is 14.2 Å². The molecule has 5 nitrogen and oxygen atoms in total. The molecule has 6 heteroatoms. The van der Waals surface area contributed by atoms with E-state index < -0.39 is 0 Å². The minimum atomic E-state index is -0.254. The fourth-order valence-corrected chi connectivity index (χ4v) is 3.18. The molecule has 0 bridgehead atoms. The van der Waals surface area contributed by atoms with Gasteiger partial charge in [-0.3, -0.25) is 9.78 Å². The van der Waals surface area contributed by atoms with Gasteiger partial charge in [-0.15, -0.1) is 0 Å². The number of carbonyl (C=O) groups excluding carboxylic acids is 1. The average molecular weight is 354 g/mol. The summed E-state index contributed by atoms with van der Waals surface area (Å²) >= 11 is 1.64. The Morgan fingerprint density at radius 3 is 2.52 bits per heavy atom. The van der Waals surface area contributed by atoms with Crippen LogP contribution in [0.15, 0.2) is 53.5 Å². The minimum absolute atomic E-state index is 0.254. The van der Waals surface area contributed by atoms with E-state index in [1.54, 1.807) is 35.7 Å². The Morgan fingerprint density at radius 2 is 1.88 bits per heavy atom. The minimum Gasteiger partial charge on any atom is -0.496 e. The quantitative estimate of drug-likeness (QED) is 0.732. The van der Waals surface area contributed by atoms with Gasteiger partial charge in [-0.25, -0.2) is 0 Å². The number of thiophene rings is 1. The number of hydrogen-bond acceptors (Lipinski definition) is 5. The molecule has 0 aliphatic carbocycles. The lowest BCUT2D eigenvalue weighted by Gasteiger charge is -2.13. The highest BCUT2D eigenvalue weighted by Crippen LogP contribution is 2.28. The smallest absolute Gasteiger partial charge is 0.259 e. The fourth-order valence-electron chi connectivity index (χ4n) is 2.52. The van der Waals surface area contributed by atoms with Gasteiger partial charge in [-0.05, 0) is 46.2 Å². The number of methoxy groups -OCH3 is 2. The Bertz CT molecular complexity index is 841. The van der Waals surface area contributed by atoms with Gasteiger partial charge in [0.05, 0.1) is 14.2 Å². The van der Waals surface area contributed by atoms with E-state index in [-0.39, 0.29) is 5.91 Å². The molecule has 1 N–H and O–H groups in total. The van der Waals surface area contributed by atoms with Crippen molar-refractivity contribution in [3.63, 3.8) is 0 Å². The van der Waals surface area contributed by atoms with Crippen molar-refractivity contribution in [1.82, 2.24) is 10.3 Å². The lowest BCUT2D eigenvalue weighted by molar-refractivity contribution is 0.0944. The maximum absolute atomic E-state index is 12.6. The molecule has 0 fully saturated rings. The summed E-state index contributed by atoms with van der Waals surface area (Å²) < 4.78 is 10.6. The van der Waals surface area contributed by atoms with E-state index in [1.165, 1.54) is 14.2 Å². The van der Waals surface area contributed by atoms with Crippen LogP contribution in [-0.2, 0) is 6.54 Å². The van der Waals surface area contributed by atoms with Crippen molar-refractivity contribution in [2.24, 2.45) is 0 Å². The highest BCUT2D eigenvalue weighted by molar-refractivity contribution is 7.08. The largest absolute Gasteiger partial charge is 0.496 e. The Labute approximate surface area is 150 Å². The predicted octanol–water partition coefficient (Wildman–Crippen LogP) is 3.76. The second-order valence-electron chi connectivity index (χ2n) is 5.31. The van der Waals surface area contributed by atoms with Crippen LogP contribution in [-0.4, -0.2) is 25.1 Å². The lowest BCUT2D eigenvalue weighted by atomic mass is 10.1. The number of pyridine rings is 1. The molecule has 1 amide bonds. The monoisotopic (exact) mass is 354 g/mol. The van der Waals surface area contributed by atoms with Gasteiger partial charge in [0.15, 0.2) is 0 Å². The zero-order valence-electron chi connectivity index (χ0n) is 14.0. The van der Waals surface area contributed by atoms with E-state index in [0.717, 1.165) is 16.7 Å². The van der Waals surface area contributed by atoms with Crippen LogP contribution in [0.5, 0.6) is 11.5 Å². The van der Waals surface area contributed by atoms with Crippen molar-refractivity contribution in [3.8, 4) is 22.6 Å². The second-order valence-corrected chi connectivity index (χ2v) is 6.09. The summed E-state index contributed by atoms with van der Waals surface area (Å²) in [6.45, 7) is 0.366. The van der Waals surface area contributed by atoms with Gasteiger partial charge >= 0.3 is 0 Å². The predicted molar refractivity (Wildman–Crippen MR) is 98.3 cm³/mol. The SMILES string of the molecule is COc1cccc(OC)c1C(=O)NCc1cncc(-c2ccsc2)c1. The summed E-state index contributed by atoms with van der Waals surface area (Å²) in [4.78, 5) is 16.9. The van der Waals surface area contributed by atoms with Crippen LogP contribution in [0.1, 0.15) is 15.9 Å². The first kappa shape index (κ1) is 17.0. The Hall–Kier alpha value is -2.86. The molecular weight excluding hydrogens is 336 g/mol. The van der Waals surface area contributed by atoms with Crippen molar-refractivity contribution >= 4 is 17.2 Å². The highest BCUT2D eigenvalue weighted by atomic mass is 32.1. The summed E-state index contributed by atoms with van der Waals surface area (Å²) in [5.74, 6) is 0.694. The first-order valence-electron chi connectivity index (χ1n) is 7.68. The maximum Gasteiger partial charge on any atom is 0.259 e. The van der Waals surface area contributed by atoms with Gasteiger partial charge in [0.25, 0.3) is 5.91 Å². The van der Waals surface area contributed by atoms with E-state index in [0.29, 0.717) is 23.6 Å². The van der Waals surface area contributed by atoms with Crippen molar-refractivity contribution < 1.29 is 14.3 Å². The normalized spacial score (nSPS) is 10.3. The zero-order valence-corrected chi connectivity index (χ0v) is 14.8. The number of amides is 1. The van der Waals surface area contributed by atoms with E-state index in [4.69, 9.17) is 9.47 Å². The molecule has 0 saturated carbocycles. The van der Waals surface area contributed by atoms with E-state index >= 15 is 0 Å². The van der Waals surface area contributed by atoms with Gasteiger partial charge in [0.1, 0.15) is 17.1 Å². The third kappa shape index (κ3) is 3.80. The third-order valence-corrected chi connectivity index (χ3v) is 4.44. The molecule has 128 valence electrons. The standard InChI is InChI=1S/C19H18N2O3S/c1-23-16-4-3-5-17(24-2)18(16)19(22)21-10-13-8-15(11-20-9-13)14-6-7-25-12-14/h3-9,11-12H,10H2,1-2H3,(H,21,22). The Kier molecular flexibility index (Phi) is 5.30. The Morgan fingerprint density at radius 1 is 1.12 bits per heavy atom. The molecule has 0 radical (unpaired) electrons. The van der Waals surface area contributed by atoms with Gasteiger partial charge in [-0.2, -0.15) is 11.3 Å². The average Bonchev–Trinajstić information content (AvgIpc) is 3.20. The molecule has 0 unspecified atom stereocenters. The summed E-state index contributed by atoms with van der Waals surface area (Å²) in [5, 5.41) is 6.99. The van der Waals surface area contributed by atoms with Crippen molar-refractivity contribution in [2.45, 2.75) is 6.54 Å². The molecule has 0 aliphatic heterocycles. The fraction of sp³-hybridized carbons (Fsp3) is 0.158. The number of aromatic nitrogens is 1. The number of benzene rings is 1. The van der Waals surface area contributed by atoms with Crippen molar-refractivity contribution in [3.05, 3.63) is 64.6 Å². The molecular formula is C19H18N2O3S. The first-order chi connectivity index (χ1) is 12.2. The number of hydrogen-bond donors (Lipinski definition) is 1. The van der Waals surface area contributed by atoms with Gasteiger partial charge in [-0.1, -0.05) is 6.07 Å². The van der Waals surface area contributed by atoms with Crippen LogP contribution in [0.2, 0.25) is 0 Å². The topological polar surface area (TPSA) is 60.5 Å². The summed E-state index contributed by atoms with van der Waals surface area (Å²) in [6.07, 6.45) is 3.56.